The summed E-state index contributed by atoms with van der Waals surface area (Å²) in [6.07, 6.45) is -85.3. The molecule has 8 fully saturated rings. The molecule has 0 spiro atoms. The van der Waals surface area contributed by atoms with Gasteiger partial charge in [-0.3, -0.25) is 54.3 Å². The number of hydrogen-bond acceptors (Lipinski definition) is 62. The highest BCUT2D eigenvalue weighted by atomic mass is 32.3. The Hall–Kier alpha value is -3.02. The van der Waals surface area contributed by atoms with Gasteiger partial charge in [0.1, 0.15) is 129 Å². The molecule has 8 rings (SSSR count). The molecule has 0 aromatic carbocycles. The number of carbonyl (C=O) groups is 2. The van der Waals surface area contributed by atoms with Crippen LogP contribution in [0.5, 0.6) is 0 Å². The van der Waals surface area contributed by atoms with Crippen molar-refractivity contribution in [3.05, 3.63) is 0 Å². The van der Waals surface area contributed by atoms with Crippen LogP contribution in [0.15, 0.2) is 0 Å². The van der Waals surface area contributed by atoms with E-state index < -0.39 is 381 Å². The normalized spacial score (nSPS) is 38.1. The number of carboxylic acids is 2. The van der Waals surface area contributed by atoms with E-state index in [1.54, 1.807) is 0 Å². The van der Waals surface area contributed by atoms with Gasteiger partial charge in [-0.05, 0) is 0 Å². The van der Waals surface area contributed by atoms with Gasteiger partial charge >= 0.3 is 127 Å². The fraction of sp³-hybridized carbons (Fsp3) is 0.962. The zero-order valence-corrected chi connectivity index (χ0v) is 79.7. The Bertz CT molecular complexity index is 5280. The van der Waals surface area contributed by atoms with Gasteiger partial charge in [0.05, 0.1) is 38.3 Å². The molecule has 1 saturated carbocycles. The molecule has 8 aliphatic rings. The maximum Gasteiger partial charge on any atom is 0.397 e. The van der Waals surface area contributed by atoms with Crippen molar-refractivity contribution in [2.45, 2.75) is 209 Å². The summed E-state index contributed by atoms with van der Waals surface area (Å²) in [6, 6.07) is 0. The molecule has 0 bridgehead atoms. The van der Waals surface area contributed by atoms with Crippen molar-refractivity contribution in [1.82, 2.24) is 0 Å². The second-order valence-electron chi connectivity index (χ2n) is 28.1. The van der Waals surface area contributed by atoms with Crippen LogP contribution in [-0.4, -0.2) is 471 Å². The van der Waals surface area contributed by atoms with Crippen molar-refractivity contribution < 1.29 is 332 Å². The minimum absolute atomic E-state index is 0.356. The topological polar surface area (TPSA) is 1020 Å². The Balaban J connectivity index is 1.17. The molecule has 37 atom stereocenters. The van der Waals surface area contributed by atoms with Gasteiger partial charge in [0.2, 0.25) is 0 Å². The number of fused-ring (bicyclic) bond motifs is 1. The maximum atomic E-state index is 13.9. The predicted molar refractivity (Wildman–Crippen MR) is 404 cm³/mol. The number of carboxylic acid groups (broad SMARTS) is 2. The SMILES string of the molecule is COC1C(OC)[C@H](O[C@@H]2OC(COS(=O)(=O)O)[C@@H](O[C@@H]3OC(COS(=O)(=O)O)[C@@H](OSOOO)[C@H](OC)C3OS(=O)(=O)O)[C@H](OC)C2OS(=O)(=O)O)C(COS(=O)(=O)O)O[C@@H]1O[C@@H]1C(C(=O)O)O[C@@H](O[C@@H]2C(COOS(=O)O)O[C@@H](OC3(OC)[C@@H]4C(C(=O)O)O[C@@H](O[C@@H]5C(COS(=O)(=O)O)O[C@H](OC)C(OS(=O)(=O)O)C5OS(=O)(=O)O)C(OC)[C@H]43)C(OS(=O)(=O)O)[C@H]2OS(=O)(=O)O)C(OC)C1OC. The number of ether oxygens (including phenoxy) is 22. The second-order valence-corrected chi connectivity index (χ2v) is 39.8. The Kier molecular flexibility index (Phi) is 42.6. The monoisotopic (exact) mass is 2280 g/mol. The molecule has 0 amide bonds. The highest BCUT2D eigenvalue weighted by Gasteiger charge is 2.80. The molecule has 1 aliphatic carbocycles. The lowest BCUT2D eigenvalue weighted by molar-refractivity contribution is -0.435. The van der Waals surface area contributed by atoms with Gasteiger partial charge in [0.25, 0.3) is 0 Å². The molecule has 7 heterocycles. The van der Waals surface area contributed by atoms with Crippen molar-refractivity contribution in [3.63, 3.8) is 0 Å². The molecule has 0 radical (unpaired) electrons. The lowest BCUT2D eigenvalue weighted by atomic mass is 9.94. The summed E-state index contributed by atoms with van der Waals surface area (Å²) in [4.78, 5) is 32.1. The third kappa shape index (κ3) is 33.2. The van der Waals surface area contributed by atoms with E-state index in [1.165, 1.54) is 0 Å². The molecule has 0 aromatic rings. The Labute approximate surface area is 785 Å². The van der Waals surface area contributed by atoms with E-state index in [1.807, 2.05) is 0 Å². The summed E-state index contributed by atoms with van der Waals surface area (Å²) in [6.45, 7) is -8.07. The first-order valence-corrected chi connectivity index (χ1v) is 51.9. The molecule has 86 heteroatoms. The summed E-state index contributed by atoms with van der Waals surface area (Å²) in [7, 11) is -53.0. The third-order valence-electron chi connectivity index (χ3n) is 20.1. The van der Waals surface area contributed by atoms with E-state index in [0.717, 1.165) is 42.7 Å². The number of methoxy groups -OCH3 is 9. The quantitative estimate of drug-likeness (QED) is 0.00511. The summed E-state index contributed by atoms with van der Waals surface area (Å²) >= 11 is -3.90. The molecule has 7 aliphatic heterocycles. The molecule has 14 N–H and O–H groups in total. The van der Waals surface area contributed by atoms with E-state index in [0.29, 0.717) is 21.3 Å². The van der Waals surface area contributed by atoms with E-state index in [-0.39, 0.29) is 12.3 Å². The molecular formula is C52H86O74S12. The number of rotatable bonds is 55. The smallest absolute Gasteiger partial charge is 0.397 e. The second kappa shape index (κ2) is 49.0. The standard InChI is InChI=1S/C52H86O74S12/c1-90-28-21-20(27(43(53)54)113-46(28)111-25-18(13-102-131(66,67)68)104-45(97-8)41(122-137(84,85)86)34(25)118-133(72,73)74)52(21,98-9)116-51-42(123-138(87,88)89)35(119-134(75,76)77)24(15(108-51)10-99-126-128(58)59)112-48-38(96-7)32(94-5)33(36(115-48)44(55)56)114-47-37(95-6)29(91-2)22(16(105-47)11-100-129(60,61)62)109-49-39(120-135(78,79)80)30(92-3)23(17(106-49)12-101-130(63,64)65)110-50-40(121-136(81,82)83)31(93-4)26(117-127-125-124-57)19(107-50)14-103-132(69,70)71/h15-42,45-51,57H,10-14H2,1-9H3,(H,53,54)(H,55,56)(H,58,59)(H,60,61,62)(H,63,64,65)(H,66,67,68)(H,69,70,71)(H,72,73,74)(H,75,76,77)(H,78,79,80)(H,81,82,83)(H,84,85,86)(H,87,88,89)/t15?,16?,17?,18?,19?,20-,21-,22+,23+,24+,25+,26+,27?,28?,29?,30-,31-,32?,33-,34?,35-,36?,37?,38?,39?,40?,41?,42?,45-,46+,47+,48+,49-,50-,51-,52?/m0/s1. The summed E-state index contributed by atoms with van der Waals surface area (Å²) in [5, 5.41) is 34.1. The van der Waals surface area contributed by atoms with Crippen molar-refractivity contribution in [3.8, 4) is 0 Å². The van der Waals surface area contributed by atoms with Gasteiger partial charge in [0.15, 0.2) is 98.8 Å². The average Bonchev–Trinajstić information content (AvgIpc) is 1.51. The van der Waals surface area contributed by atoms with Crippen molar-refractivity contribution >= 4 is 140 Å². The van der Waals surface area contributed by atoms with Crippen LogP contribution in [0.1, 0.15) is 0 Å². The molecule has 7 saturated heterocycles. The van der Waals surface area contributed by atoms with Crippen LogP contribution in [0.4, 0.5) is 0 Å². The molecule has 810 valence electrons. The predicted octanol–water partition coefficient (Wildman–Crippen LogP) is -10.6. The fourth-order valence-electron chi connectivity index (χ4n) is 15.3. The highest BCUT2D eigenvalue weighted by Crippen LogP contribution is 2.64. The average molecular weight is 2280 g/mol. The van der Waals surface area contributed by atoms with E-state index in [9.17, 15) is 158 Å². The van der Waals surface area contributed by atoms with Crippen LogP contribution in [0.3, 0.4) is 0 Å². The Morgan fingerprint density at radius 1 is 0.312 bits per heavy atom. The molecule has 138 heavy (non-hydrogen) atoms. The van der Waals surface area contributed by atoms with Crippen LogP contribution in [-0.2, 0) is 294 Å². The summed E-state index contributed by atoms with van der Waals surface area (Å²) in [5.74, 6) is -11.5. The van der Waals surface area contributed by atoms with Gasteiger partial charge in [-0.15, -0.1) is 8.67 Å². The summed E-state index contributed by atoms with van der Waals surface area (Å²) < 4.78 is 559. The summed E-state index contributed by atoms with van der Waals surface area (Å²) in [5.41, 5.74) is 0. The zero-order valence-electron chi connectivity index (χ0n) is 69.9. The van der Waals surface area contributed by atoms with E-state index in [4.69, 9.17) is 135 Å². The largest absolute Gasteiger partial charge is 0.479 e. The number of hydrogen-bond donors (Lipinski definition) is 14. The van der Waals surface area contributed by atoms with Crippen LogP contribution < -0.4 is 0 Å². The number of aliphatic carboxylic acids is 2. The Morgan fingerprint density at radius 3 is 0.920 bits per heavy atom. The first-order valence-electron chi connectivity index (χ1n) is 36.5. The van der Waals surface area contributed by atoms with Crippen molar-refractivity contribution in [2.75, 3.05) is 97.0 Å². The fourth-order valence-corrected chi connectivity index (χ4v) is 20.0. The highest BCUT2D eigenvalue weighted by molar-refractivity contribution is 7.89. The van der Waals surface area contributed by atoms with Crippen LogP contribution in [0.25, 0.3) is 0 Å². The first-order chi connectivity index (χ1) is 63.6. The van der Waals surface area contributed by atoms with Crippen LogP contribution in [0, 0.1) is 11.8 Å². The van der Waals surface area contributed by atoms with Gasteiger partial charge in [-0.1, -0.05) is 5.04 Å². The van der Waals surface area contributed by atoms with Gasteiger partial charge in [0, 0.05) is 64.0 Å². The van der Waals surface area contributed by atoms with Gasteiger partial charge in [-0.2, -0.15) is 88.4 Å². The van der Waals surface area contributed by atoms with Crippen molar-refractivity contribution in [2.24, 2.45) is 11.8 Å². The minimum atomic E-state index is -6.35. The molecule has 19 unspecified atom stereocenters. The van der Waals surface area contributed by atoms with Gasteiger partial charge < -0.3 is 114 Å². The zero-order chi connectivity index (χ0) is 104. The minimum Gasteiger partial charge on any atom is -0.479 e. The molecular weight excluding hydrogens is 2190 g/mol. The lowest BCUT2D eigenvalue weighted by Gasteiger charge is -2.51. The van der Waals surface area contributed by atoms with Crippen LogP contribution in [0.2, 0.25) is 0 Å². The van der Waals surface area contributed by atoms with Crippen molar-refractivity contribution in [1.29, 1.82) is 0 Å². The van der Waals surface area contributed by atoms with E-state index in [2.05, 4.69) is 38.8 Å². The molecule has 74 nitrogen and oxygen atoms in total. The maximum absolute atomic E-state index is 13.9. The lowest BCUT2D eigenvalue weighted by Crippen LogP contribution is -2.69. The molecule has 0 aromatic heterocycles. The van der Waals surface area contributed by atoms with Crippen LogP contribution >= 0.6 is 12.3 Å². The van der Waals surface area contributed by atoms with E-state index >= 15 is 0 Å². The Morgan fingerprint density at radius 2 is 0.587 bits per heavy atom. The first kappa shape index (κ1) is 120. The van der Waals surface area contributed by atoms with Gasteiger partial charge in [-0.25, -0.2) is 61.6 Å². The third-order valence-corrected chi connectivity index (χ3v) is 25.2.